The summed E-state index contributed by atoms with van der Waals surface area (Å²) >= 11 is 18.4. The molecule has 0 radical (unpaired) electrons. The zero-order valence-corrected chi connectivity index (χ0v) is 29.4. The number of piperidine rings is 1. The minimum atomic E-state index is -3.90. The van der Waals surface area contributed by atoms with Gasteiger partial charge in [0.25, 0.3) is 0 Å². The van der Waals surface area contributed by atoms with Crippen molar-refractivity contribution in [1.29, 1.82) is 0 Å². The molecule has 1 amide bonds. The SMILES string of the molecule is O=C(COCC1CCCN(S(=O)(=O)c2c(Cl)cc(Cl)cc2Cl)C1)NCC1CCC(C(CCc2ccccc2)N2CCOCC2)CC1. The summed E-state index contributed by atoms with van der Waals surface area (Å²) in [7, 11) is -3.90. The molecule has 2 aromatic rings. The fourth-order valence-electron chi connectivity index (χ4n) is 7.28. The first kappa shape index (κ1) is 35.9. The molecule has 2 heterocycles. The highest BCUT2D eigenvalue weighted by Crippen LogP contribution is 2.37. The number of aryl methyl sites for hydroxylation is 1. The molecular formula is C34H46Cl3N3O5S. The number of morpholine rings is 1. The number of nitrogens with one attached hydrogen (secondary N) is 1. The lowest BCUT2D eigenvalue weighted by Gasteiger charge is -2.42. The minimum Gasteiger partial charge on any atom is -0.379 e. The van der Waals surface area contributed by atoms with Crippen molar-refractivity contribution in [1.82, 2.24) is 14.5 Å². The summed E-state index contributed by atoms with van der Waals surface area (Å²) in [5.41, 5.74) is 1.40. The van der Waals surface area contributed by atoms with Crippen molar-refractivity contribution in [3.05, 3.63) is 63.1 Å². The maximum absolute atomic E-state index is 13.3. The summed E-state index contributed by atoms with van der Waals surface area (Å²) in [6.07, 6.45) is 8.36. The second kappa shape index (κ2) is 17.3. The second-order valence-electron chi connectivity index (χ2n) is 12.9. The molecule has 2 aliphatic heterocycles. The van der Waals surface area contributed by atoms with E-state index in [2.05, 4.69) is 40.5 Å². The molecule has 0 spiro atoms. The highest BCUT2D eigenvalue weighted by Gasteiger charge is 2.34. The normalized spacial score (nSPS) is 24.0. The minimum absolute atomic E-state index is 0.000934. The summed E-state index contributed by atoms with van der Waals surface area (Å²) in [4.78, 5) is 15.2. The molecule has 3 fully saturated rings. The number of ether oxygens (including phenoxy) is 2. The lowest BCUT2D eigenvalue weighted by atomic mass is 9.76. The molecule has 1 N–H and O–H groups in total. The molecule has 46 heavy (non-hydrogen) atoms. The Morgan fingerprint density at radius 2 is 1.65 bits per heavy atom. The number of benzene rings is 2. The lowest BCUT2D eigenvalue weighted by Crippen LogP contribution is -2.48. The Kier molecular flexibility index (Phi) is 13.5. The van der Waals surface area contributed by atoms with Gasteiger partial charge in [0.2, 0.25) is 15.9 Å². The van der Waals surface area contributed by atoms with E-state index in [0.29, 0.717) is 44.0 Å². The Bertz CT molecular complexity index is 1360. The van der Waals surface area contributed by atoms with Gasteiger partial charge in [-0.1, -0.05) is 65.1 Å². The summed E-state index contributed by atoms with van der Waals surface area (Å²) in [5, 5.41) is 3.36. The molecule has 2 unspecified atom stereocenters. The summed E-state index contributed by atoms with van der Waals surface area (Å²) < 4.78 is 39.5. The number of amides is 1. The zero-order valence-electron chi connectivity index (χ0n) is 26.3. The second-order valence-corrected chi connectivity index (χ2v) is 16.0. The van der Waals surface area contributed by atoms with Gasteiger partial charge < -0.3 is 14.8 Å². The van der Waals surface area contributed by atoms with Gasteiger partial charge in [-0.05, 0) is 86.8 Å². The van der Waals surface area contributed by atoms with Crippen LogP contribution >= 0.6 is 34.8 Å². The first-order chi connectivity index (χ1) is 22.2. The topological polar surface area (TPSA) is 88.2 Å². The lowest BCUT2D eigenvalue weighted by molar-refractivity contribution is -0.126. The van der Waals surface area contributed by atoms with Gasteiger partial charge in [0.1, 0.15) is 11.5 Å². The van der Waals surface area contributed by atoms with Crippen LogP contribution in [0, 0.1) is 17.8 Å². The number of hydrogen-bond acceptors (Lipinski definition) is 6. The molecule has 1 aliphatic carbocycles. The largest absolute Gasteiger partial charge is 0.379 e. The predicted molar refractivity (Wildman–Crippen MR) is 183 cm³/mol. The average Bonchev–Trinajstić information content (AvgIpc) is 3.05. The first-order valence-corrected chi connectivity index (χ1v) is 19.1. The van der Waals surface area contributed by atoms with E-state index >= 15 is 0 Å². The molecule has 2 aromatic carbocycles. The fourth-order valence-corrected chi connectivity index (χ4v) is 10.3. The zero-order chi connectivity index (χ0) is 32.5. The molecule has 2 saturated heterocycles. The molecule has 3 aliphatic rings. The molecule has 12 heteroatoms. The van der Waals surface area contributed by atoms with E-state index < -0.39 is 10.0 Å². The maximum atomic E-state index is 13.3. The quantitative estimate of drug-likeness (QED) is 0.262. The number of hydrogen-bond donors (Lipinski definition) is 1. The molecule has 5 rings (SSSR count). The average molecular weight is 715 g/mol. The van der Waals surface area contributed by atoms with Crippen LogP contribution in [0.3, 0.4) is 0 Å². The summed E-state index contributed by atoms with van der Waals surface area (Å²) in [6, 6.07) is 14.1. The van der Waals surface area contributed by atoms with Crippen LogP contribution in [0.15, 0.2) is 47.4 Å². The third kappa shape index (κ3) is 9.82. The van der Waals surface area contributed by atoms with E-state index in [1.165, 1.54) is 41.3 Å². The third-order valence-corrected chi connectivity index (χ3v) is 12.7. The van der Waals surface area contributed by atoms with Crippen molar-refractivity contribution in [2.24, 2.45) is 17.8 Å². The Labute approximate surface area is 289 Å². The number of sulfonamides is 1. The van der Waals surface area contributed by atoms with Gasteiger partial charge in [0.05, 0.1) is 29.9 Å². The fraction of sp³-hybridized carbons (Fsp3) is 0.618. The first-order valence-electron chi connectivity index (χ1n) is 16.6. The van der Waals surface area contributed by atoms with E-state index in [1.807, 2.05) is 0 Å². The summed E-state index contributed by atoms with van der Waals surface area (Å²) in [5.74, 6) is 0.986. The maximum Gasteiger partial charge on any atom is 0.246 e. The highest BCUT2D eigenvalue weighted by atomic mass is 35.5. The number of carbonyl (C=O) groups is 1. The van der Waals surface area contributed by atoms with Gasteiger partial charge in [0.15, 0.2) is 0 Å². The Morgan fingerprint density at radius 3 is 2.35 bits per heavy atom. The molecule has 0 aromatic heterocycles. The number of carbonyl (C=O) groups excluding carboxylic acids is 1. The van der Waals surface area contributed by atoms with Crippen LogP contribution in [-0.4, -0.2) is 88.7 Å². The van der Waals surface area contributed by atoms with E-state index in [4.69, 9.17) is 44.3 Å². The van der Waals surface area contributed by atoms with Crippen LogP contribution in [0.2, 0.25) is 15.1 Å². The Morgan fingerprint density at radius 1 is 0.957 bits per heavy atom. The van der Waals surface area contributed by atoms with Crippen molar-refractivity contribution >= 4 is 50.7 Å². The van der Waals surface area contributed by atoms with Gasteiger partial charge in [-0.2, -0.15) is 4.31 Å². The van der Waals surface area contributed by atoms with E-state index in [1.54, 1.807) is 0 Å². The van der Waals surface area contributed by atoms with Crippen LogP contribution in [0.25, 0.3) is 0 Å². The van der Waals surface area contributed by atoms with Crippen molar-refractivity contribution in [3.8, 4) is 0 Å². The molecule has 0 bridgehead atoms. The van der Waals surface area contributed by atoms with Crippen LogP contribution in [0.5, 0.6) is 0 Å². The number of nitrogens with zero attached hydrogens (tertiary/aromatic N) is 2. The van der Waals surface area contributed by atoms with Gasteiger partial charge in [-0.15, -0.1) is 0 Å². The van der Waals surface area contributed by atoms with E-state index in [9.17, 15) is 13.2 Å². The van der Waals surface area contributed by atoms with Gasteiger partial charge >= 0.3 is 0 Å². The molecular weight excluding hydrogens is 669 g/mol. The van der Waals surface area contributed by atoms with E-state index in [0.717, 1.165) is 52.0 Å². The van der Waals surface area contributed by atoms with Crippen LogP contribution in [0.1, 0.15) is 50.5 Å². The molecule has 2 atom stereocenters. The molecule has 254 valence electrons. The molecule has 1 saturated carbocycles. The summed E-state index contributed by atoms with van der Waals surface area (Å²) in [6.45, 7) is 5.23. The van der Waals surface area contributed by atoms with Crippen LogP contribution < -0.4 is 5.32 Å². The Hall–Kier alpha value is -1.43. The van der Waals surface area contributed by atoms with Gasteiger partial charge in [-0.25, -0.2) is 8.42 Å². The van der Waals surface area contributed by atoms with Crippen molar-refractivity contribution in [2.75, 3.05) is 59.2 Å². The van der Waals surface area contributed by atoms with Crippen LogP contribution in [0.4, 0.5) is 0 Å². The third-order valence-electron chi connectivity index (χ3n) is 9.74. The van der Waals surface area contributed by atoms with Crippen LogP contribution in [-0.2, 0) is 30.7 Å². The number of rotatable bonds is 13. The standard InChI is InChI=1S/C34H46Cl3N3O5S/c35-29-19-30(36)34(31(37)20-29)46(42,43)40-14-4-7-27(22-40)23-45-24-33(41)38-21-26-8-11-28(12-9-26)32(39-15-17-44-18-16-39)13-10-25-5-2-1-3-6-25/h1-3,5-6,19-20,26-28,32H,4,7-18,21-24H2,(H,38,41). The van der Waals surface area contributed by atoms with Crippen molar-refractivity contribution in [3.63, 3.8) is 0 Å². The highest BCUT2D eigenvalue weighted by molar-refractivity contribution is 7.89. The van der Waals surface area contributed by atoms with Gasteiger partial charge in [0, 0.05) is 43.8 Å². The van der Waals surface area contributed by atoms with Crippen molar-refractivity contribution < 1.29 is 22.7 Å². The predicted octanol–water partition coefficient (Wildman–Crippen LogP) is 6.32. The monoisotopic (exact) mass is 713 g/mol. The van der Waals surface area contributed by atoms with Gasteiger partial charge in [-0.3, -0.25) is 9.69 Å². The molecule has 8 nitrogen and oxygen atoms in total. The smallest absolute Gasteiger partial charge is 0.246 e. The number of halogens is 3. The van der Waals surface area contributed by atoms with E-state index in [-0.39, 0.29) is 44.9 Å². The van der Waals surface area contributed by atoms with Crippen molar-refractivity contribution in [2.45, 2.75) is 62.3 Å². The Balaban J connectivity index is 1.02.